The summed E-state index contributed by atoms with van der Waals surface area (Å²) in [6.45, 7) is 4.26. The maximum Gasteiger partial charge on any atom is 0.229 e. The average Bonchev–Trinajstić information content (AvgIpc) is 3.03. The highest BCUT2D eigenvalue weighted by molar-refractivity contribution is 6.03. The molecule has 2 amide bonds. The summed E-state index contributed by atoms with van der Waals surface area (Å²) in [5.41, 5.74) is 1.43. The molecule has 0 spiro atoms. The second kappa shape index (κ2) is 8.12. The molecule has 6 heteroatoms. The van der Waals surface area contributed by atoms with Crippen molar-refractivity contribution in [1.29, 1.82) is 0 Å². The summed E-state index contributed by atoms with van der Waals surface area (Å²) in [5.74, 6) is 0.806. The zero-order valence-electron chi connectivity index (χ0n) is 15.8. The van der Waals surface area contributed by atoms with Crippen LogP contribution in [-0.2, 0) is 9.59 Å². The van der Waals surface area contributed by atoms with Crippen molar-refractivity contribution in [2.75, 3.05) is 23.9 Å². The van der Waals surface area contributed by atoms with E-state index in [1.807, 2.05) is 44.2 Å². The number of carbonyl (C=O) groups excluding carboxylic acids is 2. The number of methoxy groups -OCH3 is 1. The number of benzene rings is 2. The molecule has 0 aromatic heterocycles. The van der Waals surface area contributed by atoms with E-state index in [-0.39, 0.29) is 24.3 Å². The van der Waals surface area contributed by atoms with E-state index in [2.05, 4.69) is 5.32 Å². The van der Waals surface area contributed by atoms with Crippen LogP contribution < -0.4 is 19.7 Å². The predicted molar refractivity (Wildman–Crippen MR) is 104 cm³/mol. The smallest absolute Gasteiger partial charge is 0.229 e. The minimum atomic E-state index is -0.394. The zero-order valence-corrected chi connectivity index (χ0v) is 15.8. The Bertz CT molecular complexity index is 817. The lowest BCUT2D eigenvalue weighted by atomic mass is 10.1. The Labute approximate surface area is 159 Å². The van der Waals surface area contributed by atoms with Crippen LogP contribution in [0.5, 0.6) is 11.5 Å². The van der Waals surface area contributed by atoms with Crippen LogP contribution in [0.2, 0.25) is 0 Å². The van der Waals surface area contributed by atoms with Gasteiger partial charge in [0, 0.05) is 30.4 Å². The first-order valence-electron chi connectivity index (χ1n) is 8.98. The number of anilines is 2. The van der Waals surface area contributed by atoms with Gasteiger partial charge in [-0.25, -0.2) is 0 Å². The van der Waals surface area contributed by atoms with Crippen LogP contribution in [0, 0.1) is 5.92 Å². The number of nitrogens with zero attached hydrogens (tertiary/aromatic N) is 1. The quantitative estimate of drug-likeness (QED) is 0.848. The number of hydrogen-bond donors (Lipinski definition) is 1. The van der Waals surface area contributed by atoms with Crippen molar-refractivity contribution in [1.82, 2.24) is 0 Å². The van der Waals surface area contributed by atoms with E-state index >= 15 is 0 Å². The Morgan fingerprint density at radius 3 is 2.56 bits per heavy atom. The number of nitrogens with one attached hydrogen (secondary N) is 1. The molecule has 27 heavy (non-hydrogen) atoms. The molecule has 1 saturated heterocycles. The molecule has 3 rings (SSSR count). The first kappa shape index (κ1) is 18.8. The summed E-state index contributed by atoms with van der Waals surface area (Å²) in [7, 11) is 1.59. The highest BCUT2D eigenvalue weighted by Crippen LogP contribution is 2.28. The Morgan fingerprint density at radius 1 is 1.15 bits per heavy atom. The van der Waals surface area contributed by atoms with Crippen LogP contribution in [0.15, 0.2) is 48.5 Å². The second-order valence-corrected chi connectivity index (χ2v) is 6.79. The molecule has 0 bridgehead atoms. The SMILES string of the molecule is COc1ccc(N2C[C@@H](C(=O)Nc3cccc(OC(C)C)c3)CC2=O)cc1. The van der Waals surface area contributed by atoms with Gasteiger partial charge in [0.15, 0.2) is 0 Å². The molecule has 1 heterocycles. The highest BCUT2D eigenvalue weighted by atomic mass is 16.5. The van der Waals surface area contributed by atoms with E-state index in [4.69, 9.17) is 9.47 Å². The van der Waals surface area contributed by atoms with E-state index in [1.54, 1.807) is 30.2 Å². The van der Waals surface area contributed by atoms with Crippen LogP contribution in [0.4, 0.5) is 11.4 Å². The monoisotopic (exact) mass is 368 g/mol. The average molecular weight is 368 g/mol. The van der Waals surface area contributed by atoms with Crippen molar-refractivity contribution in [2.45, 2.75) is 26.4 Å². The van der Waals surface area contributed by atoms with Gasteiger partial charge in [-0.05, 0) is 50.2 Å². The number of rotatable bonds is 6. The van der Waals surface area contributed by atoms with Gasteiger partial charge >= 0.3 is 0 Å². The van der Waals surface area contributed by atoms with Crippen LogP contribution in [-0.4, -0.2) is 31.6 Å². The predicted octanol–water partition coefficient (Wildman–Crippen LogP) is 3.47. The van der Waals surface area contributed by atoms with E-state index in [0.29, 0.717) is 18.0 Å². The van der Waals surface area contributed by atoms with Gasteiger partial charge in [-0.3, -0.25) is 9.59 Å². The molecule has 1 fully saturated rings. The molecule has 1 aliphatic heterocycles. The maximum atomic E-state index is 12.6. The minimum absolute atomic E-state index is 0.0569. The molecule has 1 aliphatic rings. The Morgan fingerprint density at radius 2 is 1.89 bits per heavy atom. The van der Waals surface area contributed by atoms with Crippen molar-refractivity contribution in [2.24, 2.45) is 5.92 Å². The third-order valence-electron chi connectivity index (χ3n) is 4.35. The number of amides is 2. The topological polar surface area (TPSA) is 67.9 Å². The molecular weight excluding hydrogens is 344 g/mol. The Hall–Kier alpha value is -3.02. The van der Waals surface area contributed by atoms with E-state index in [1.165, 1.54) is 0 Å². The van der Waals surface area contributed by atoms with Gasteiger partial charge in [-0.1, -0.05) is 6.07 Å². The molecule has 142 valence electrons. The molecule has 1 atom stereocenters. The fourth-order valence-corrected chi connectivity index (χ4v) is 3.06. The maximum absolute atomic E-state index is 12.6. The van der Waals surface area contributed by atoms with Crippen LogP contribution in [0.3, 0.4) is 0 Å². The number of hydrogen-bond acceptors (Lipinski definition) is 4. The van der Waals surface area contributed by atoms with Gasteiger partial charge in [0.25, 0.3) is 0 Å². The molecule has 1 N–H and O–H groups in total. The summed E-state index contributed by atoms with van der Waals surface area (Å²) < 4.78 is 10.8. The van der Waals surface area contributed by atoms with Crippen LogP contribution in [0.25, 0.3) is 0 Å². The van der Waals surface area contributed by atoms with Crippen molar-refractivity contribution < 1.29 is 19.1 Å². The minimum Gasteiger partial charge on any atom is -0.497 e. The largest absolute Gasteiger partial charge is 0.497 e. The summed E-state index contributed by atoms with van der Waals surface area (Å²) >= 11 is 0. The van der Waals surface area contributed by atoms with Crippen LogP contribution >= 0.6 is 0 Å². The van der Waals surface area contributed by atoms with Gasteiger partial charge in [-0.15, -0.1) is 0 Å². The van der Waals surface area contributed by atoms with Crippen LogP contribution in [0.1, 0.15) is 20.3 Å². The zero-order chi connectivity index (χ0) is 19.4. The molecule has 0 radical (unpaired) electrons. The molecule has 2 aromatic carbocycles. The van der Waals surface area contributed by atoms with Crippen molar-refractivity contribution in [3.8, 4) is 11.5 Å². The number of carbonyl (C=O) groups is 2. The molecule has 0 unspecified atom stereocenters. The van der Waals surface area contributed by atoms with E-state index in [9.17, 15) is 9.59 Å². The van der Waals surface area contributed by atoms with E-state index in [0.717, 1.165) is 11.4 Å². The fraction of sp³-hybridized carbons (Fsp3) is 0.333. The van der Waals surface area contributed by atoms with Crippen molar-refractivity contribution in [3.05, 3.63) is 48.5 Å². The Kier molecular flexibility index (Phi) is 5.64. The highest BCUT2D eigenvalue weighted by Gasteiger charge is 2.35. The van der Waals surface area contributed by atoms with Crippen molar-refractivity contribution in [3.63, 3.8) is 0 Å². The molecular formula is C21H24N2O4. The summed E-state index contributed by atoms with van der Waals surface area (Å²) in [6.07, 6.45) is 0.251. The number of ether oxygens (including phenoxy) is 2. The standard InChI is InChI=1S/C21H24N2O4/c1-14(2)27-19-6-4-5-16(12-19)22-21(25)15-11-20(24)23(13-15)17-7-9-18(26-3)10-8-17/h4-10,12,14-15H,11,13H2,1-3H3,(H,22,25)/t15-/m0/s1. The first-order valence-corrected chi connectivity index (χ1v) is 8.98. The lowest BCUT2D eigenvalue weighted by Gasteiger charge is -2.17. The van der Waals surface area contributed by atoms with E-state index < -0.39 is 5.92 Å². The summed E-state index contributed by atoms with van der Waals surface area (Å²) in [4.78, 5) is 26.6. The third-order valence-corrected chi connectivity index (χ3v) is 4.35. The summed E-state index contributed by atoms with van der Waals surface area (Å²) in [6, 6.07) is 14.5. The molecule has 0 saturated carbocycles. The van der Waals surface area contributed by atoms with Gasteiger partial charge < -0.3 is 19.7 Å². The molecule has 2 aromatic rings. The lowest BCUT2D eigenvalue weighted by molar-refractivity contribution is -0.122. The van der Waals surface area contributed by atoms with Gasteiger partial charge in [0.05, 0.1) is 19.1 Å². The van der Waals surface area contributed by atoms with Gasteiger partial charge in [0.2, 0.25) is 11.8 Å². The first-order chi connectivity index (χ1) is 13.0. The Balaban J connectivity index is 1.65. The molecule has 6 nitrogen and oxygen atoms in total. The van der Waals surface area contributed by atoms with Crippen molar-refractivity contribution >= 4 is 23.2 Å². The molecule has 0 aliphatic carbocycles. The fourth-order valence-electron chi connectivity index (χ4n) is 3.06. The normalized spacial score (nSPS) is 16.5. The van der Waals surface area contributed by atoms with Gasteiger partial charge in [-0.2, -0.15) is 0 Å². The third kappa shape index (κ3) is 4.58. The van der Waals surface area contributed by atoms with Gasteiger partial charge in [0.1, 0.15) is 11.5 Å². The summed E-state index contributed by atoms with van der Waals surface area (Å²) in [5, 5.41) is 2.89. The second-order valence-electron chi connectivity index (χ2n) is 6.79. The lowest BCUT2D eigenvalue weighted by Crippen LogP contribution is -2.28.